The first kappa shape index (κ1) is 18.3. The topological polar surface area (TPSA) is 35.5 Å². The summed E-state index contributed by atoms with van der Waals surface area (Å²) < 4.78 is 11.4. The van der Waals surface area contributed by atoms with Gasteiger partial charge in [-0.15, -0.1) is 6.58 Å². The van der Waals surface area contributed by atoms with Gasteiger partial charge >= 0.3 is 5.97 Å². The molecule has 19 heavy (non-hydrogen) atoms. The van der Waals surface area contributed by atoms with Crippen LogP contribution in [0.2, 0.25) is 31.7 Å². The summed E-state index contributed by atoms with van der Waals surface area (Å²) in [5, 5.41) is 0. The van der Waals surface area contributed by atoms with E-state index in [1.165, 1.54) is 6.08 Å². The van der Waals surface area contributed by atoms with Crippen LogP contribution in [-0.4, -0.2) is 29.2 Å². The number of unbranched alkanes of at least 4 members (excludes halogenated alkanes) is 1. The molecule has 1 unspecified atom stereocenters. The highest BCUT2D eigenvalue weighted by Gasteiger charge is 2.33. The van der Waals surface area contributed by atoms with Gasteiger partial charge in [-0.25, -0.2) is 4.79 Å². The van der Waals surface area contributed by atoms with Crippen LogP contribution in [0, 0.1) is 0 Å². The fraction of sp³-hybridized carbons (Fsp3) is 0.643. The SMILES string of the molecule is C=CC(=O)OCCCC[Si](C)(CC)O[Si](C)(C)C=C. The largest absolute Gasteiger partial charge is 0.463 e. The summed E-state index contributed by atoms with van der Waals surface area (Å²) in [6.07, 6.45) is 3.14. The standard InChI is InChI=1S/C14H28O3Si2/c1-7-14(15)16-12-10-11-13-19(6,9-3)17-18(4,5)8-2/h7-8H,1-2,9-13H2,3-6H3. The summed E-state index contributed by atoms with van der Waals surface area (Å²) in [4.78, 5) is 10.9. The third-order valence-corrected chi connectivity index (χ3v) is 11.2. The predicted octanol–water partition coefficient (Wildman–Crippen LogP) is 4.04. The lowest BCUT2D eigenvalue weighted by Gasteiger charge is -2.34. The molecule has 0 aromatic heterocycles. The number of rotatable bonds is 10. The quantitative estimate of drug-likeness (QED) is 0.264. The third-order valence-electron chi connectivity index (χ3n) is 3.26. The molecule has 3 nitrogen and oxygen atoms in total. The Kier molecular flexibility index (Phi) is 8.21. The smallest absolute Gasteiger partial charge is 0.330 e. The molecule has 110 valence electrons. The van der Waals surface area contributed by atoms with Gasteiger partial charge in [0.1, 0.15) is 0 Å². The molecule has 0 aliphatic heterocycles. The average molecular weight is 301 g/mol. The van der Waals surface area contributed by atoms with E-state index in [4.69, 9.17) is 8.85 Å². The van der Waals surface area contributed by atoms with Gasteiger partial charge in [-0.3, -0.25) is 0 Å². The van der Waals surface area contributed by atoms with E-state index in [0.717, 1.165) is 24.9 Å². The highest BCUT2D eigenvalue weighted by molar-refractivity contribution is 6.87. The minimum atomic E-state index is -1.70. The van der Waals surface area contributed by atoms with Gasteiger partial charge in [-0.05, 0) is 38.2 Å². The van der Waals surface area contributed by atoms with E-state index in [1.54, 1.807) is 0 Å². The molecular formula is C14H28O3Si2. The van der Waals surface area contributed by atoms with Crippen LogP contribution < -0.4 is 0 Å². The highest BCUT2D eigenvalue weighted by atomic mass is 28.4. The number of ether oxygens (including phenoxy) is 1. The lowest BCUT2D eigenvalue weighted by molar-refractivity contribution is -0.137. The molecule has 0 amide bonds. The second-order valence-electron chi connectivity index (χ2n) is 5.54. The number of carbonyl (C=O) groups excluding carboxylic acids is 1. The first-order valence-electron chi connectivity index (χ1n) is 6.91. The van der Waals surface area contributed by atoms with Gasteiger partial charge in [0.25, 0.3) is 0 Å². The molecule has 0 aromatic carbocycles. The maximum Gasteiger partial charge on any atom is 0.330 e. The summed E-state index contributed by atoms with van der Waals surface area (Å²) >= 11 is 0. The van der Waals surface area contributed by atoms with Crippen molar-refractivity contribution in [2.75, 3.05) is 6.61 Å². The molecule has 5 heteroatoms. The Morgan fingerprint density at radius 1 is 1.21 bits per heavy atom. The van der Waals surface area contributed by atoms with Crippen molar-refractivity contribution in [3.05, 3.63) is 24.9 Å². The molecule has 0 fully saturated rings. The van der Waals surface area contributed by atoms with Crippen LogP contribution >= 0.6 is 0 Å². The first-order chi connectivity index (χ1) is 8.78. The van der Waals surface area contributed by atoms with Crippen LogP contribution in [0.4, 0.5) is 0 Å². The van der Waals surface area contributed by atoms with Gasteiger partial charge in [0, 0.05) is 6.08 Å². The monoisotopic (exact) mass is 300 g/mol. The van der Waals surface area contributed by atoms with Crippen molar-refractivity contribution in [2.45, 2.75) is 51.5 Å². The van der Waals surface area contributed by atoms with Gasteiger partial charge in [-0.1, -0.05) is 25.6 Å². The zero-order chi connectivity index (χ0) is 14.9. The number of hydrogen-bond acceptors (Lipinski definition) is 3. The molecule has 0 saturated heterocycles. The number of carbonyl (C=O) groups is 1. The first-order valence-corrected chi connectivity index (χ1v) is 12.7. The molecule has 0 N–H and O–H groups in total. The van der Waals surface area contributed by atoms with E-state index >= 15 is 0 Å². The van der Waals surface area contributed by atoms with Crippen molar-refractivity contribution in [1.29, 1.82) is 0 Å². The molecule has 0 bridgehead atoms. The van der Waals surface area contributed by atoms with Crippen molar-refractivity contribution < 1.29 is 13.6 Å². The molecule has 0 aliphatic carbocycles. The lowest BCUT2D eigenvalue weighted by atomic mass is 10.4. The second-order valence-corrected chi connectivity index (χ2v) is 14.1. The van der Waals surface area contributed by atoms with E-state index in [9.17, 15) is 4.79 Å². The van der Waals surface area contributed by atoms with Crippen LogP contribution in [0.25, 0.3) is 0 Å². The van der Waals surface area contributed by atoms with Crippen LogP contribution in [0.1, 0.15) is 19.8 Å². The molecule has 0 aromatic rings. The Bertz CT molecular complexity index is 316. The van der Waals surface area contributed by atoms with Crippen LogP contribution in [0.15, 0.2) is 24.9 Å². The summed E-state index contributed by atoms with van der Waals surface area (Å²) in [6.45, 7) is 16.6. The lowest BCUT2D eigenvalue weighted by Crippen LogP contribution is -2.44. The predicted molar refractivity (Wildman–Crippen MR) is 86.1 cm³/mol. The fourth-order valence-electron chi connectivity index (χ4n) is 1.81. The van der Waals surface area contributed by atoms with Gasteiger partial charge in [0.2, 0.25) is 0 Å². The van der Waals surface area contributed by atoms with Gasteiger partial charge in [0.15, 0.2) is 16.6 Å². The maximum atomic E-state index is 10.9. The van der Waals surface area contributed by atoms with Crippen molar-refractivity contribution in [3.8, 4) is 0 Å². The average Bonchev–Trinajstić information content (AvgIpc) is 2.37. The van der Waals surface area contributed by atoms with Gasteiger partial charge < -0.3 is 8.85 Å². The van der Waals surface area contributed by atoms with E-state index < -0.39 is 16.6 Å². The van der Waals surface area contributed by atoms with Gasteiger partial charge in [0.05, 0.1) is 6.61 Å². The second kappa shape index (κ2) is 8.50. The number of esters is 1. The van der Waals surface area contributed by atoms with E-state index in [0.29, 0.717) is 6.61 Å². The Morgan fingerprint density at radius 2 is 1.84 bits per heavy atom. The summed E-state index contributed by atoms with van der Waals surface area (Å²) in [5.74, 6) is -0.341. The summed E-state index contributed by atoms with van der Waals surface area (Å²) in [5.41, 5.74) is 2.00. The van der Waals surface area contributed by atoms with E-state index in [1.807, 2.05) is 5.70 Å². The van der Waals surface area contributed by atoms with Crippen LogP contribution in [-0.2, 0) is 13.6 Å². The zero-order valence-corrected chi connectivity index (χ0v) is 14.8. The molecule has 0 spiro atoms. The van der Waals surface area contributed by atoms with Crippen molar-refractivity contribution in [2.24, 2.45) is 0 Å². The fourth-order valence-corrected chi connectivity index (χ4v) is 9.56. The number of hydrogen-bond donors (Lipinski definition) is 0. The van der Waals surface area contributed by atoms with Crippen molar-refractivity contribution in [3.63, 3.8) is 0 Å². The highest BCUT2D eigenvalue weighted by Crippen LogP contribution is 2.25. The van der Waals surface area contributed by atoms with Gasteiger partial charge in [-0.2, -0.15) is 0 Å². The molecule has 0 saturated carbocycles. The Morgan fingerprint density at radius 3 is 2.32 bits per heavy atom. The normalized spacial score (nSPS) is 14.5. The minimum absolute atomic E-state index is 0.341. The summed E-state index contributed by atoms with van der Waals surface area (Å²) in [7, 11) is -3.33. The Labute approximate surface area is 120 Å². The maximum absolute atomic E-state index is 10.9. The van der Waals surface area contributed by atoms with Crippen LogP contribution in [0.5, 0.6) is 0 Å². The molecule has 1 atom stereocenters. The summed E-state index contributed by atoms with van der Waals surface area (Å²) in [6, 6.07) is 2.23. The molecule has 0 radical (unpaired) electrons. The minimum Gasteiger partial charge on any atom is -0.463 e. The Hall–Kier alpha value is -0.656. The van der Waals surface area contributed by atoms with Crippen molar-refractivity contribution >= 4 is 22.6 Å². The Balaban J connectivity index is 4.08. The van der Waals surface area contributed by atoms with Crippen molar-refractivity contribution in [1.82, 2.24) is 0 Å². The molecule has 0 rings (SSSR count). The zero-order valence-electron chi connectivity index (χ0n) is 12.8. The third kappa shape index (κ3) is 8.18. The molecule has 0 aliphatic rings. The molecule has 0 heterocycles. The van der Waals surface area contributed by atoms with E-state index in [2.05, 4.69) is 39.7 Å². The van der Waals surface area contributed by atoms with E-state index in [-0.39, 0.29) is 5.97 Å². The van der Waals surface area contributed by atoms with Crippen LogP contribution in [0.3, 0.4) is 0 Å². The molecular weight excluding hydrogens is 272 g/mol.